The highest BCUT2D eigenvalue weighted by Crippen LogP contribution is 2.39. The van der Waals surface area contributed by atoms with Gasteiger partial charge in [-0.05, 0) is 37.0 Å². The topological polar surface area (TPSA) is 43.8 Å². The lowest BCUT2D eigenvalue weighted by Gasteiger charge is -2.20. The van der Waals surface area contributed by atoms with Crippen molar-refractivity contribution in [2.24, 2.45) is 5.92 Å². The monoisotopic (exact) mass is 257 g/mol. The summed E-state index contributed by atoms with van der Waals surface area (Å²) in [5, 5.41) is 0. The average Bonchev–Trinajstić information content (AvgIpc) is 3.15. The molecule has 1 unspecified atom stereocenters. The van der Waals surface area contributed by atoms with Gasteiger partial charge in [-0.3, -0.25) is 0 Å². The van der Waals surface area contributed by atoms with Crippen molar-refractivity contribution in [3.8, 4) is 0 Å². The van der Waals surface area contributed by atoms with Crippen LogP contribution >= 0.6 is 0 Å². The minimum absolute atomic E-state index is 0.594. The highest BCUT2D eigenvalue weighted by atomic mass is 15.1. The lowest BCUT2D eigenvalue weighted by molar-refractivity contribution is 0.426. The number of fused-ring (bicyclic) bond motifs is 1. The number of nitrogen functional groups attached to an aromatic ring is 1. The normalized spacial score (nSPS) is 16.9. The third-order valence-corrected chi connectivity index (χ3v) is 4.24. The second-order valence-corrected chi connectivity index (χ2v) is 5.74. The van der Waals surface area contributed by atoms with Crippen LogP contribution in [0.2, 0.25) is 0 Å². The first-order valence-corrected chi connectivity index (χ1v) is 7.49. The Morgan fingerprint density at radius 3 is 2.79 bits per heavy atom. The summed E-state index contributed by atoms with van der Waals surface area (Å²) in [5.74, 6) is 2.15. The molecule has 1 atom stereocenters. The fourth-order valence-corrected chi connectivity index (χ4v) is 3.02. The summed E-state index contributed by atoms with van der Waals surface area (Å²) in [6.07, 6.45) is 6.30. The van der Waals surface area contributed by atoms with Crippen LogP contribution in [-0.2, 0) is 6.42 Å². The lowest BCUT2D eigenvalue weighted by Crippen LogP contribution is -2.12. The third kappa shape index (κ3) is 2.34. The van der Waals surface area contributed by atoms with Crippen molar-refractivity contribution >= 4 is 16.7 Å². The smallest absolute Gasteiger partial charge is 0.109 e. The summed E-state index contributed by atoms with van der Waals surface area (Å²) in [6.45, 7) is 4.47. The number of nitrogens with zero attached hydrogens (tertiary/aromatic N) is 2. The minimum atomic E-state index is 0.594. The Balaban J connectivity index is 2.07. The zero-order valence-electron chi connectivity index (χ0n) is 11.9. The van der Waals surface area contributed by atoms with Crippen LogP contribution in [0, 0.1) is 5.92 Å². The number of hydrogen-bond acceptors (Lipinski definition) is 2. The molecule has 0 aliphatic heterocycles. The van der Waals surface area contributed by atoms with E-state index in [0.29, 0.717) is 6.04 Å². The molecule has 1 aromatic heterocycles. The van der Waals surface area contributed by atoms with Gasteiger partial charge < -0.3 is 10.3 Å². The van der Waals surface area contributed by atoms with E-state index in [4.69, 9.17) is 10.7 Å². The molecular weight excluding hydrogens is 234 g/mol. The Hall–Kier alpha value is -1.51. The van der Waals surface area contributed by atoms with E-state index in [1.807, 2.05) is 12.1 Å². The van der Waals surface area contributed by atoms with Crippen LogP contribution < -0.4 is 5.73 Å². The molecule has 0 bridgehead atoms. The number of aryl methyl sites for hydroxylation is 1. The first kappa shape index (κ1) is 12.5. The van der Waals surface area contributed by atoms with Crippen LogP contribution in [0.15, 0.2) is 18.2 Å². The molecule has 19 heavy (non-hydrogen) atoms. The Kier molecular flexibility index (Phi) is 3.21. The summed E-state index contributed by atoms with van der Waals surface area (Å²) in [7, 11) is 0. The quantitative estimate of drug-likeness (QED) is 0.825. The number of hydrogen-bond donors (Lipinski definition) is 1. The number of nitrogens with two attached hydrogens (primary N) is 1. The summed E-state index contributed by atoms with van der Waals surface area (Å²) >= 11 is 0. The molecule has 3 rings (SSSR count). The Morgan fingerprint density at radius 1 is 1.37 bits per heavy atom. The number of benzene rings is 1. The van der Waals surface area contributed by atoms with E-state index in [2.05, 4.69) is 24.5 Å². The van der Waals surface area contributed by atoms with Gasteiger partial charge in [0.2, 0.25) is 0 Å². The maximum Gasteiger partial charge on any atom is 0.109 e. The molecule has 1 heterocycles. The molecule has 1 saturated carbocycles. The second-order valence-electron chi connectivity index (χ2n) is 5.74. The Morgan fingerprint density at radius 2 is 2.16 bits per heavy atom. The van der Waals surface area contributed by atoms with Gasteiger partial charge in [-0.15, -0.1) is 0 Å². The molecule has 1 aliphatic carbocycles. The zero-order chi connectivity index (χ0) is 13.4. The molecule has 0 spiro atoms. The largest absolute Gasteiger partial charge is 0.399 e. The fourth-order valence-electron chi connectivity index (χ4n) is 3.02. The summed E-state index contributed by atoms with van der Waals surface area (Å²) in [6, 6.07) is 6.71. The molecule has 1 aliphatic rings. The SMILES string of the molecule is CCc1nc2cc(N)ccc2n1C(CC)CC1CC1. The van der Waals surface area contributed by atoms with E-state index >= 15 is 0 Å². The van der Waals surface area contributed by atoms with Crippen LogP contribution in [0.1, 0.15) is 51.4 Å². The van der Waals surface area contributed by atoms with Crippen LogP contribution in [0.5, 0.6) is 0 Å². The standard InChI is InChI=1S/C16H23N3/c1-3-13(9-11-5-6-11)19-15-8-7-12(17)10-14(15)18-16(19)4-2/h7-8,10-11,13H,3-6,9,17H2,1-2H3. The van der Waals surface area contributed by atoms with Crippen molar-refractivity contribution in [3.63, 3.8) is 0 Å². The highest BCUT2D eigenvalue weighted by Gasteiger charge is 2.27. The second kappa shape index (κ2) is 4.87. The fraction of sp³-hybridized carbons (Fsp3) is 0.562. The Bertz CT molecular complexity index is 581. The van der Waals surface area contributed by atoms with Crippen LogP contribution in [0.25, 0.3) is 11.0 Å². The first-order valence-electron chi connectivity index (χ1n) is 7.49. The maximum atomic E-state index is 5.87. The molecule has 1 fully saturated rings. The van der Waals surface area contributed by atoms with Crippen LogP contribution in [-0.4, -0.2) is 9.55 Å². The van der Waals surface area contributed by atoms with Gasteiger partial charge in [-0.1, -0.05) is 26.7 Å². The molecular formula is C16H23N3. The number of anilines is 1. The van der Waals surface area contributed by atoms with Crippen molar-refractivity contribution in [2.75, 3.05) is 5.73 Å². The van der Waals surface area contributed by atoms with Crippen molar-refractivity contribution in [3.05, 3.63) is 24.0 Å². The third-order valence-electron chi connectivity index (χ3n) is 4.24. The molecule has 1 aromatic carbocycles. The van der Waals surface area contributed by atoms with Gasteiger partial charge in [0.1, 0.15) is 5.82 Å². The van der Waals surface area contributed by atoms with Gasteiger partial charge in [0.25, 0.3) is 0 Å². The van der Waals surface area contributed by atoms with E-state index < -0.39 is 0 Å². The van der Waals surface area contributed by atoms with Gasteiger partial charge in [0.15, 0.2) is 0 Å². The van der Waals surface area contributed by atoms with E-state index in [1.54, 1.807) is 0 Å². The van der Waals surface area contributed by atoms with Gasteiger partial charge >= 0.3 is 0 Å². The zero-order valence-corrected chi connectivity index (χ0v) is 11.9. The molecule has 2 aromatic rings. The predicted molar refractivity (Wildman–Crippen MR) is 80.2 cm³/mol. The molecule has 2 N–H and O–H groups in total. The number of imidazole rings is 1. The van der Waals surface area contributed by atoms with E-state index in [-0.39, 0.29) is 0 Å². The Labute approximate surface area is 114 Å². The van der Waals surface area contributed by atoms with Gasteiger partial charge in [-0.2, -0.15) is 0 Å². The van der Waals surface area contributed by atoms with E-state index in [9.17, 15) is 0 Å². The van der Waals surface area contributed by atoms with E-state index in [1.165, 1.54) is 37.0 Å². The van der Waals surface area contributed by atoms with Gasteiger partial charge in [0.05, 0.1) is 11.0 Å². The van der Waals surface area contributed by atoms with Crippen molar-refractivity contribution in [1.29, 1.82) is 0 Å². The molecule has 0 amide bonds. The van der Waals surface area contributed by atoms with E-state index in [0.717, 1.165) is 23.5 Å². The highest BCUT2D eigenvalue weighted by molar-refractivity contribution is 5.79. The summed E-state index contributed by atoms with van der Waals surface area (Å²) in [4.78, 5) is 4.77. The predicted octanol–water partition coefficient (Wildman–Crippen LogP) is 3.93. The van der Waals surface area contributed by atoms with Crippen molar-refractivity contribution in [1.82, 2.24) is 9.55 Å². The van der Waals surface area contributed by atoms with Crippen molar-refractivity contribution in [2.45, 2.75) is 52.0 Å². The molecule has 3 nitrogen and oxygen atoms in total. The molecule has 102 valence electrons. The molecule has 0 saturated heterocycles. The minimum Gasteiger partial charge on any atom is -0.399 e. The summed E-state index contributed by atoms with van der Waals surface area (Å²) in [5.41, 5.74) is 8.97. The first-order chi connectivity index (χ1) is 9.22. The van der Waals surface area contributed by atoms with Gasteiger partial charge in [-0.25, -0.2) is 4.98 Å². The average molecular weight is 257 g/mol. The molecule has 3 heteroatoms. The van der Waals surface area contributed by atoms with Crippen LogP contribution in [0.3, 0.4) is 0 Å². The number of aromatic nitrogens is 2. The van der Waals surface area contributed by atoms with Gasteiger partial charge in [0, 0.05) is 18.2 Å². The number of rotatable bonds is 5. The van der Waals surface area contributed by atoms with Crippen LogP contribution in [0.4, 0.5) is 5.69 Å². The molecule has 0 radical (unpaired) electrons. The summed E-state index contributed by atoms with van der Waals surface area (Å²) < 4.78 is 2.47. The lowest BCUT2D eigenvalue weighted by atomic mass is 10.1. The maximum absolute atomic E-state index is 5.87. The van der Waals surface area contributed by atoms with Crippen molar-refractivity contribution < 1.29 is 0 Å².